The summed E-state index contributed by atoms with van der Waals surface area (Å²) in [6.45, 7) is 2.78. The lowest BCUT2D eigenvalue weighted by Gasteiger charge is -2.13. The molecule has 0 aliphatic carbocycles. The van der Waals surface area contributed by atoms with Crippen LogP contribution >= 0.6 is 11.8 Å². The zero-order valence-electron chi connectivity index (χ0n) is 15.2. The highest BCUT2D eigenvalue weighted by molar-refractivity contribution is 7.99. The van der Waals surface area contributed by atoms with Crippen LogP contribution in [0.4, 0.5) is 0 Å². The molecule has 2 amide bonds. The molecule has 0 heterocycles. The van der Waals surface area contributed by atoms with Crippen molar-refractivity contribution in [3.63, 3.8) is 0 Å². The highest BCUT2D eigenvalue weighted by Gasteiger charge is 2.17. The number of amides is 2. The fraction of sp³-hybridized carbons (Fsp3) is 0.333. The van der Waals surface area contributed by atoms with Crippen LogP contribution in [0.15, 0.2) is 48.5 Å². The fourth-order valence-electron chi connectivity index (χ4n) is 2.66. The predicted molar refractivity (Wildman–Crippen MR) is 107 cm³/mol. The van der Waals surface area contributed by atoms with Crippen LogP contribution in [0.3, 0.4) is 0 Å². The smallest absolute Gasteiger partial charge is 0.239 e. The molecule has 0 radical (unpaired) electrons. The Balaban J connectivity index is 1.84. The minimum atomic E-state index is -0.280. The van der Waals surface area contributed by atoms with Crippen LogP contribution in [0.25, 0.3) is 0 Å². The maximum absolute atomic E-state index is 11.8. The van der Waals surface area contributed by atoms with Gasteiger partial charge in [0.05, 0.1) is 11.9 Å². The van der Waals surface area contributed by atoms with Crippen molar-refractivity contribution in [1.29, 1.82) is 0 Å². The first-order valence-corrected chi connectivity index (χ1v) is 10.0. The molecular weight excluding hydrogens is 346 g/mol. The molecular formula is C21H25NO3S. The van der Waals surface area contributed by atoms with Gasteiger partial charge in [-0.1, -0.05) is 43.3 Å². The molecule has 0 fully saturated rings. The lowest BCUT2D eigenvalue weighted by Crippen LogP contribution is -2.32. The van der Waals surface area contributed by atoms with E-state index in [0.29, 0.717) is 19.4 Å². The first-order valence-electron chi connectivity index (χ1n) is 8.72. The molecule has 0 saturated carbocycles. The summed E-state index contributed by atoms with van der Waals surface area (Å²) in [7, 11) is 0. The van der Waals surface area contributed by atoms with E-state index < -0.39 is 0 Å². The molecule has 4 nitrogen and oxygen atoms in total. The van der Waals surface area contributed by atoms with Gasteiger partial charge in [0.25, 0.3) is 0 Å². The molecule has 0 aromatic heterocycles. The molecule has 138 valence electrons. The van der Waals surface area contributed by atoms with Gasteiger partial charge in [-0.2, -0.15) is 11.8 Å². The SMILES string of the molecule is CCc1cccc(CCOc2ccc(CC(SC)C(=O)NC=O)cc2)c1. The number of benzene rings is 2. The molecule has 0 spiro atoms. The number of carbonyl (C=O) groups excluding carboxylic acids is 2. The van der Waals surface area contributed by atoms with Crippen molar-refractivity contribution in [3.8, 4) is 5.75 Å². The zero-order chi connectivity index (χ0) is 18.8. The van der Waals surface area contributed by atoms with E-state index in [9.17, 15) is 9.59 Å². The third-order valence-corrected chi connectivity index (χ3v) is 5.13. The first kappa shape index (κ1) is 20.0. The number of rotatable bonds is 10. The molecule has 1 atom stereocenters. The third kappa shape index (κ3) is 6.23. The summed E-state index contributed by atoms with van der Waals surface area (Å²) in [5, 5.41) is 1.93. The Morgan fingerprint density at radius 1 is 1.15 bits per heavy atom. The Labute approximate surface area is 159 Å². The van der Waals surface area contributed by atoms with Crippen LogP contribution in [0, 0.1) is 0 Å². The topological polar surface area (TPSA) is 55.4 Å². The Hall–Kier alpha value is -2.27. The number of aryl methyl sites for hydroxylation is 1. The van der Waals surface area contributed by atoms with Gasteiger partial charge in [-0.05, 0) is 47.9 Å². The number of carbonyl (C=O) groups is 2. The van der Waals surface area contributed by atoms with E-state index >= 15 is 0 Å². The lowest BCUT2D eigenvalue weighted by molar-refractivity contribution is -0.124. The first-order chi connectivity index (χ1) is 12.7. The number of hydrogen-bond acceptors (Lipinski definition) is 4. The quantitative estimate of drug-likeness (QED) is 0.650. The molecule has 0 aliphatic heterocycles. The van der Waals surface area contributed by atoms with E-state index in [1.165, 1.54) is 22.9 Å². The molecule has 2 rings (SSSR count). The largest absolute Gasteiger partial charge is 0.493 e. The van der Waals surface area contributed by atoms with Crippen LogP contribution in [0.2, 0.25) is 0 Å². The fourth-order valence-corrected chi connectivity index (χ4v) is 3.30. The summed E-state index contributed by atoms with van der Waals surface area (Å²) in [5.74, 6) is 0.556. The molecule has 26 heavy (non-hydrogen) atoms. The van der Waals surface area contributed by atoms with Crippen molar-refractivity contribution in [2.24, 2.45) is 0 Å². The van der Waals surface area contributed by atoms with Crippen molar-refractivity contribution >= 4 is 24.1 Å². The summed E-state index contributed by atoms with van der Waals surface area (Å²) >= 11 is 1.43. The Morgan fingerprint density at radius 2 is 1.88 bits per heavy atom. The Morgan fingerprint density at radius 3 is 2.54 bits per heavy atom. The second-order valence-corrected chi connectivity index (χ2v) is 7.01. The molecule has 5 heteroatoms. The van der Waals surface area contributed by atoms with Crippen LogP contribution in [-0.2, 0) is 28.9 Å². The van der Waals surface area contributed by atoms with E-state index in [0.717, 1.165) is 24.2 Å². The second-order valence-electron chi connectivity index (χ2n) is 5.97. The summed E-state index contributed by atoms with van der Waals surface area (Å²) in [5.41, 5.74) is 3.66. The average molecular weight is 372 g/mol. The third-order valence-electron chi connectivity index (χ3n) is 4.18. The van der Waals surface area contributed by atoms with Crippen LogP contribution in [0.5, 0.6) is 5.75 Å². The van der Waals surface area contributed by atoms with Gasteiger partial charge in [-0.15, -0.1) is 0 Å². The van der Waals surface area contributed by atoms with Crippen molar-refractivity contribution in [1.82, 2.24) is 5.32 Å². The normalized spacial score (nSPS) is 11.6. The summed E-state index contributed by atoms with van der Waals surface area (Å²) in [4.78, 5) is 22.2. The van der Waals surface area contributed by atoms with Crippen LogP contribution in [0.1, 0.15) is 23.6 Å². The minimum Gasteiger partial charge on any atom is -0.493 e. The van der Waals surface area contributed by atoms with Gasteiger partial charge in [-0.25, -0.2) is 0 Å². The number of ether oxygens (including phenoxy) is 1. The molecule has 0 bridgehead atoms. The van der Waals surface area contributed by atoms with Crippen molar-refractivity contribution in [3.05, 3.63) is 65.2 Å². The van der Waals surface area contributed by atoms with Gasteiger partial charge in [0, 0.05) is 6.42 Å². The summed E-state index contributed by atoms with van der Waals surface area (Å²) in [6, 6.07) is 16.3. The standard InChI is InChI=1S/C21H25NO3S/c1-3-16-5-4-6-17(13-16)11-12-25-19-9-7-18(8-10-19)14-20(26-2)21(24)22-15-23/h4-10,13,15,20H,3,11-12,14H2,1-2H3,(H,22,23,24). The molecule has 1 unspecified atom stereocenters. The van der Waals surface area contributed by atoms with Gasteiger partial charge in [0.15, 0.2) is 0 Å². The molecule has 1 N–H and O–H groups in total. The number of nitrogens with one attached hydrogen (secondary N) is 1. The van der Waals surface area contributed by atoms with E-state index in [-0.39, 0.29) is 11.2 Å². The van der Waals surface area contributed by atoms with Gasteiger partial charge in [0.2, 0.25) is 12.3 Å². The number of hydrogen-bond donors (Lipinski definition) is 1. The maximum atomic E-state index is 11.8. The Kier molecular flexibility index (Phi) is 8.22. The summed E-state index contributed by atoms with van der Waals surface area (Å²) in [6.07, 6.45) is 4.78. The van der Waals surface area contributed by atoms with Crippen LogP contribution in [-0.4, -0.2) is 30.4 Å². The minimum absolute atomic E-state index is 0.262. The van der Waals surface area contributed by atoms with Crippen LogP contribution < -0.4 is 10.1 Å². The molecule has 0 saturated heterocycles. The summed E-state index contributed by atoms with van der Waals surface area (Å²) < 4.78 is 5.82. The van der Waals surface area contributed by atoms with Crippen molar-refractivity contribution in [2.45, 2.75) is 31.4 Å². The van der Waals surface area contributed by atoms with Gasteiger partial charge in [-0.3, -0.25) is 14.9 Å². The van der Waals surface area contributed by atoms with Gasteiger partial charge in [0.1, 0.15) is 5.75 Å². The Bertz CT molecular complexity index is 715. The second kappa shape index (κ2) is 10.7. The number of thioether (sulfide) groups is 1. The van der Waals surface area contributed by atoms with Crippen molar-refractivity contribution < 1.29 is 14.3 Å². The molecule has 2 aromatic carbocycles. The monoisotopic (exact) mass is 371 g/mol. The average Bonchev–Trinajstić information content (AvgIpc) is 2.67. The van der Waals surface area contributed by atoms with Gasteiger partial charge >= 0.3 is 0 Å². The van der Waals surface area contributed by atoms with E-state index in [1.807, 2.05) is 30.5 Å². The highest BCUT2D eigenvalue weighted by atomic mass is 32.2. The highest BCUT2D eigenvalue weighted by Crippen LogP contribution is 2.18. The van der Waals surface area contributed by atoms with E-state index in [4.69, 9.17) is 4.74 Å². The molecule has 2 aromatic rings. The van der Waals surface area contributed by atoms with E-state index in [1.54, 1.807) is 0 Å². The lowest BCUT2D eigenvalue weighted by atomic mass is 10.1. The van der Waals surface area contributed by atoms with E-state index in [2.05, 4.69) is 36.5 Å². The maximum Gasteiger partial charge on any atom is 0.239 e. The van der Waals surface area contributed by atoms with Gasteiger partial charge < -0.3 is 4.74 Å². The number of imide groups is 1. The zero-order valence-corrected chi connectivity index (χ0v) is 16.1. The molecule has 0 aliphatic rings. The van der Waals surface area contributed by atoms with Crippen molar-refractivity contribution in [2.75, 3.05) is 12.9 Å². The predicted octanol–water partition coefficient (Wildman–Crippen LogP) is 3.42.